The van der Waals surface area contributed by atoms with E-state index in [4.69, 9.17) is 4.74 Å². The first-order valence-corrected chi connectivity index (χ1v) is 7.53. The van der Waals surface area contributed by atoms with Crippen molar-refractivity contribution in [1.82, 2.24) is 4.90 Å². The summed E-state index contributed by atoms with van der Waals surface area (Å²) in [5.41, 5.74) is 2.25. The van der Waals surface area contributed by atoms with E-state index < -0.39 is 0 Å². The van der Waals surface area contributed by atoms with Crippen LogP contribution in [0.15, 0.2) is 30.3 Å². The number of benzene rings is 1. The molecule has 0 aromatic heterocycles. The van der Waals surface area contributed by atoms with Crippen LogP contribution in [0.3, 0.4) is 0 Å². The number of carbonyl (C=O) groups excluding carboxylic acids is 1. The molecule has 3 nitrogen and oxygen atoms in total. The second-order valence-electron chi connectivity index (χ2n) is 5.76. The third-order valence-electron chi connectivity index (χ3n) is 4.26. The van der Waals surface area contributed by atoms with Crippen LogP contribution in [-0.2, 0) is 9.53 Å². The molecule has 1 aromatic carbocycles. The quantitative estimate of drug-likeness (QED) is 0.856. The summed E-state index contributed by atoms with van der Waals surface area (Å²) in [7, 11) is 0. The molecule has 0 saturated carbocycles. The summed E-state index contributed by atoms with van der Waals surface area (Å²) < 4.78 is 18.2. The van der Waals surface area contributed by atoms with Crippen LogP contribution in [0, 0.1) is 11.7 Å². The molecule has 3 rings (SSSR count). The zero-order chi connectivity index (χ0) is 14.7. The topological polar surface area (TPSA) is 29.5 Å². The Balaban J connectivity index is 1.58. The van der Waals surface area contributed by atoms with Crippen LogP contribution in [0.5, 0.6) is 0 Å². The molecule has 2 heterocycles. The molecule has 0 N–H and O–H groups in total. The van der Waals surface area contributed by atoms with Crippen molar-refractivity contribution in [3.63, 3.8) is 0 Å². The largest absolute Gasteiger partial charge is 0.381 e. The highest BCUT2D eigenvalue weighted by Gasteiger charge is 2.23. The van der Waals surface area contributed by atoms with Gasteiger partial charge in [-0.25, -0.2) is 4.39 Å². The van der Waals surface area contributed by atoms with Crippen molar-refractivity contribution < 1.29 is 13.9 Å². The molecule has 21 heavy (non-hydrogen) atoms. The lowest BCUT2D eigenvalue weighted by atomic mass is 9.98. The van der Waals surface area contributed by atoms with Gasteiger partial charge in [-0.05, 0) is 42.0 Å². The van der Waals surface area contributed by atoms with Crippen molar-refractivity contribution in [3.8, 4) is 0 Å². The molecule has 0 aliphatic carbocycles. The van der Waals surface area contributed by atoms with Crippen molar-refractivity contribution in [2.24, 2.45) is 5.92 Å². The van der Waals surface area contributed by atoms with Crippen molar-refractivity contribution in [1.29, 1.82) is 0 Å². The zero-order valence-corrected chi connectivity index (χ0v) is 12.1. The van der Waals surface area contributed by atoms with Crippen LogP contribution in [0.25, 0.3) is 5.57 Å². The van der Waals surface area contributed by atoms with Gasteiger partial charge in [-0.2, -0.15) is 0 Å². The maximum atomic E-state index is 12.9. The molecule has 1 fully saturated rings. The SMILES string of the molecule is O=C(C[C@H]1CCOC1)N1CC=C(c2ccc(F)cc2)CC1. The minimum Gasteiger partial charge on any atom is -0.381 e. The lowest BCUT2D eigenvalue weighted by Gasteiger charge is -2.27. The number of carbonyl (C=O) groups is 1. The van der Waals surface area contributed by atoms with E-state index in [1.807, 2.05) is 4.90 Å². The number of halogens is 1. The standard InChI is InChI=1S/C17H20FNO2/c18-16-3-1-14(2-4-16)15-5-8-19(9-6-15)17(20)11-13-7-10-21-12-13/h1-5,13H,6-12H2/t13-/m1/s1. The zero-order valence-electron chi connectivity index (χ0n) is 12.1. The highest BCUT2D eigenvalue weighted by Crippen LogP contribution is 2.24. The summed E-state index contributed by atoms with van der Waals surface area (Å²) in [6, 6.07) is 6.56. The van der Waals surface area contributed by atoms with Crippen molar-refractivity contribution in [2.75, 3.05) is 26.3 Å². The summed E-state index contributed by atoms with van der Waals surface area (Å²) in [6.45, 7) is 2.90. The first-order chi connectivity index (χ1) is 10.2. The minimum atomic E-state index is -0.217. The van der Waals surface area contributed by atoms with E-state index in [9.17, 15) is 9.18 Å². The molecular formula is C17H20FNO2. The predicted octanol–water partition coefficient (Wildman–Crippen LogP) is 2.87. The number of nitrogens with zero attached hydrogens (tertiary/aromatic N) is 1. The molecule has 0 bridgehead atoms. The molecule has 2 aliphatic heterocycles. The fraction of sp³-hybridized carbons (Fsp3) is 0.471. The summed E-state index contributed by atoms with van der Waals surface area (Å²) in [5, 5.41) is 0. The van der Waals surface area contributed by atoms with Crippen LogP contribution in [0.1, 0.15) is 24.8 Å². The van der Waals surface area contributed by atoms with Crippen LogP contribution in [-0.4, -0.2) is 37.1 Å². The van der Waals surface area contributed by atoms with Gasteiger partial charge in [0.2, 0.25) is 5.91 Å². The summed E-state index contributed by atoms with van der Waals surface area (Å²) >= 11 is 0. The van der Waals surface area contributed by atoms with Crippen molar-refractivity contribution in [3.05, 3.63) is 41.7 Å². The molecular weight excluding hydrogens is 269 g/mol. The fourth-order valence-corrected chi connectivity index (χ4v) is 2.94. The average molecular weight is 289 g/mol. The Bertz CT molecular complexity index is 532. The molecule has 0 spiro atoms. The molecule has 0 unspecified atom stereocenters. The van der Waals surface area contributed by atoms with Gasteiger partial charge in [0.15, 0.2) is 0 Å². The van der Waals surface area contributed by atoms with Crippen molar-refractivity contribution >= 4 is 11.5 Å². The Morgan fingerprint density at radius 3 is 2.76 bits per heavy atom. The molecule has 0 radical (unpaired) electrons. The summed E-state index contributed by atoms with van der Waals surface area (Å²) in [4.78, 5) is 14.1. The molecule has 1 amide bonds. The number of ether oxygens (including phenoxy) is 1. The first kappa shape index (κ1) is 14.3. The molecule has 112 valence electrons. The average Bonchev–Trinajstić information content (AvgIpc) is 3.01. The van der Waals surface area contributed by atoms with Gasteiger partial charge in [-0.3, -0.25) is 4.79 Å². The van der Waals surface area contributed by atoms with Gasteiger partial charge in [-0.1, -0.05) is 18.2 Å². The predicted molar refractivity (Wildman–Crippen MR) is 79.1 cm³/mol. The normalized spacial score (nSPS) is 22.2. The summed E-state index contributed by atoms with van der Waals surface area (Å²) in [6.07, 6.45) is 4.51. The van der Waals surface area contributed by atoms with Gasteiger partial charge in [-0.15, -0.1) is 0 Å². The van der Waals surface area contributed by atoms with E-state index in [-0.39, 0.29) is 11.7 Å². The molecule has 1 aromatic rings. The maximum absolute atomic E-state index is 12.9. The molecule has 1 atom stereocenters. The van der Waals surface area contributed by atoms with E-state index in [2.05, 4.69) is 6.08 Å². The van der Waals surface area contributed by atoms with Gasteiger partial charge in [0, 0.05) is 32.7 Å². The van der Waals surface area contributed by atoms with Gasteiger partial charge < -0.3 is 9.64 Å². The lowest BCUT2D eigenvalue weighted by molar-refractivity contribution is -0.131. The molecule has 4 heteroatoms. The van der Waals surface area contributed by atoms with E-state index in [1.54, 1.807) is 12.1 Å². The second-order valence-corrected chi connectivity index (χ2v) is 5.76. The third-order valence-corrected chi connectivity index (χ3v) is 4.26. The van der Waals surface area contributed by atoms with E-state index in [0.29, 0.717) is 18.9 Å². The van der Waals surface area contributed by atoms with Crippen molar-refractivity contribution in [2.45, 2.75) is 19.3 Å². The highest BCUT2D eigenvalue weighted by atomic mass is 19.1. The van der Waals surface area contributed by atoms with Crippen LogP contribution in [0.4, 0.5) is 4.39 Å². The lowest BCUT2D eigenvalue weighted by Crippen LogP contribution is -2.35. The number of hydrogen-bond donors (Lipinski definition) is 0. The monoisotopic (exact) mass is 289 g/mol. The second kappa shape index (κ2) is 6.39. The first-order valence-electron chi connectivity index (χ1n) is 7.53. The Labute approximate surface area is 124 Å². The van der Waals surface area contributed by atoms with Gasteiger partial charge in [0.1, 0.15) is 5.82 Å². The number of amides is 1. The van der Waals surface area contributed by atoms with Crippen LogP contribution >= 0.6 is 0 Å². The maximum Gasteiger partial charge on any atom is 0.223 e. The number of rotatable bonds is 3. The van der Waals surface area contributed by atoms with Gasteiger partial charge in [0.25, 0.3) is 0 Å². The molecule has 1 saturated heterocycles. The Morgan fingerprint density at radius 1 is 1.33 bits per heavy atom. The molecule has 2 aliphatic rings. The Kier molecular flexibility index (Phi) is 4.34. The highest BCUT2D eigenvalue weighted by molar-refractivity contribution is 5.78. The van der Waals surface area contributed by atoms with Crippen LogP contribution < -0.4 is 0 Å². The number of hydrogen-bond acceptors (Lipinski definition) is 2. The van der Waals surface area contributed by atoms with Crippen LogP contribution in [0.2, 0.25) is 0 Å². The third kappa shape index (κ3) is 3.50. The Morgan fingerprint density at radius 2 is 2.14 bits per heavy atom. The van der Waals surface area contributed by atoms with Gasteiger partial charge in [0.05, 0.1) is 0 Å². The Hall–Kier alpha value is -1.68. The fourth-order valence-electron chi connectivity index (χ4n) is 2.94. The van der Waals surface area contributed by atoms with E-state index in [0.717, 1.165) is 38.2 Å². The van der Waals surface area contributed by atoms with Gasteiger partial charge >= 0.3 is 0 Å². The minimum absolute atomic E-state index is 0.217. The van der Waals surface area contributed by atoms with E-state index in [1.165, 1.54) is 17.7 Å². The smallest absolute Gasteiger partial charge is 0.223 e. The summed E-state index contributed by atoms with van der Waals surface area (Å²) in [5.74, 6) is 0.394. The van der Waals surface area contributed by atoms with E-state index >= 15 is 0 Å².